The molecule has 1 heterocycles. The van der Waals surface area contributed by atoms with Gasteiger partial charge in [0.2, 0.25) is 0 Å². The van der Waals surface area contributed by atoms with Crippen LogP contribution in [0.25, 0.3) is 5.70 Å². The molecule has 0 bridgehead atoms. The Labute approximate surface area is 197 Å². The molecule has 0 saturated heterocycles. The van der Waals surface area contributed by atoms with E-state index in [2.05, 4.69) is 10.6 Å². The third-order valence-corrected chi connectivity index (χ3v) is 5.26. The topological polar surface area (TPSA) is 76.7 Å². The van der Waals surface area contributed by atoms with Gasteiger partial charge in [-0.05, 0) is 54.5 Å². The molecule has 1 aliphatic rings. The standard InChI is InChI=1S/C26H22N2O4S/c1-2-31-25(30)21-22(17-10-5-3-6-11-17)27-26(33)28-23(21)19-14-9-15-20(16-19)32-24(29)18-12-7-4-8-13-18/h3-16,23H,2H2,1H3,(H2,27,28,33). The highest BCUT2D eigenvalue weighted by Gasteiger charge is 2.33. The van der Waals surface area contributed by atoms with Crippen LogP contribution < -0.4 is 15.4 Å². The molecule has 0 aliphatic carbocycles. The Morgan fingerprint density at radius 1 is 0.909 bits per heavy atom. The Kier molecular flexibility index (Phi) is 6.80. The average Bonchev–Trinajstić information content (AvgIpc) is 2.85. The van der Waals surface area contributed by atoms with E-state index in [0.29, 0.717) is 33.3 Å². The molecule has 3 aromatic rings. The summed E-state index contributed by atoms with van der Waals surface area (Å²) in [6, 6.07) is 24.6. The quantitative estimate of drug-likeness (QED) is 0.322. The number of hydrogen-bond donors (Lipinski definition) is 2. The fourth-order valence-electron chi connectivity index (χ4n) is 3.57. The van der Waals surface area contributed by atoms with Gasteiger partial charge in [-0.1, -0.05) is 60.7 Å². The molecule has 0 amide bonds. The van der Waals surface area contributed by atoms with Gasteiger partial charge in [0, 0.05) is 0 Å². The van der Waals surface area contributed by atoms with Gasteiger partial charge in [-0.3, -0.25) is 0 Å². The van der Waals surface area contributed by atoms with E-state index in [1.807, 2.05) is 42.5 Å². The van der Waals surface area contributed by atoms with E-state index in [-0.39, 0.29) is 6.61 Å². The number of ether oxygens (including phenoxy) is 2. The van der Waals surface area contributed by atoms with Gasteiger partial charge < -0.3 is 20.1 Å². The normalized spacial score (nSPS) is 15.3. The zero-order valence-electron chi connectivity index (χ0n) is 17.9. The molecule has 0 radical (unpaired) electrons. The van der Waals surface area contributed by atoms with Crippen LogP contribution in [0.2, 0.25) is 0 Å². The Morgan fingerprint density at radius 3 is 2.30 bits per heavy atom. The fraction of sp³-hybridized carbons (Fsp3) is 0.115. The maximum atomic E-state index is 13.0. The lowest BCUT2D eigenvalue weighted by atomic mass is 9.92. The summed E-state index contributed by atoms with van der Waals surface area (Å²) in [6.45, 7) is 1.99. The first-order valence-electron chi connectivity index (χ1n) is 10.5. The van der Waals surface area contributed by atoms with Gasteiger partial charge >= 0.3 is 11.9 Å². The Balaban J connectivity index is 1.73. The maximum Gasteiger partial charge on any atom is 0.343 e. The Hall–Kier alpha value is -3.97. The van der Waals surface area contributed by atoms with Crippen molar-refractivity contribution in [3.05, 3.63) is 107 Å². The summed E-state index contributed by atoms with van der Waals surface area (Å²) in [6.07, 6.45) is 0. The van der Waals surface area contributed by atoms with Crippen molar-refractivity contribution in [3.8, 4) is 5.75 Å². The molecule has 33 heavy (non-hydrogen) atoms. The number of carbonyl (C=O) groups is 2. The van der Waals surface area contributed by atoms with Crippen molar-refractivity contribution in [1.29, 1.82) is 0 Å². The Morgan fingerprint density at radius 2 is 1.61 bits per heavy atom. The van der Waals surface area contributed by atoms with Crippen LogP contribution in [0.4, 0.5) is 0 Å². The molecule has 3 aromatic carbocycles. The zero-order chi connectivity index (χ0) is 23.2. The first kappa shape index (κ1) is 22.2. The van der Waals surface area contributed by atoms with Crippen molar-refractivity contribution in [3.63, 3.8) is 0 Å². The van der Waals surface area contributed by atoms with Gasteiger partial charge in [-0.25, -0.2) is 9.59 Å². The molecule has 0 fully saturated rings. The minimum atomic E-state index is -0.594. The minimum absolute atomic E-state index is 0.232. The van der Waals surface area contributed by atoms with Crippen LogP contribution in [-0.4, -0.2) is 23.7 Å². The van der Waals surface area contributed by atoms with Crippen LogP contribution in [0, 0.1) is 0 Å². The fourth-order valence-corrected chi connectivity index (χ4v) is 3.79. The van der Waals surface area contributed by atoms with Crippen molar-refractivity contribution in [2.75, 3.05) is 6.61 Å². The predicted octanol–water partition coefficient (Wildman–Crippen LogP) is 4.40. The number of benzene rings is 3. The third-order valence-electron chi connectivity index (χ3n) is 5.04. The van der Waals surface area contributed by atoms with Crippen LogP contribution in [0.5, 0.6) is 5.75 Å². The second-order valence-electron chi connectivity index (χ2n) is 7.23. The molecule has 7 heteroatoms. The summed E-state index contributed by atoms with van der Waals surface area (Å²) in [4.78, 5) is 25.5. The largest absolute Gasteiger partial charge is 0.463 e. The van der Waals surface area contributed by atoms with E-state index < -0.39 is 18.0 Å². The summed E-state index contributed by atoms with van der Waals surface area (Å²) in [5, 5.41) is 6.63. The van der Waals surface area contributed by atoms with Crippen molar-refractivity contribution >= 4 is 35.0 Å². The summed E-state index contributed by atoms with van der Waals surface area (Å²) in [7, 11) is 0. The van der Waals surface area contributed by atoms with Crippen molar-refractivity contribution < 1.29 is 19.1 Å². The highest BCUT2D eigenvalue weighted by Crippen LogP contribution is 2.33. The van der Waals surface area contributed by atoms with Gasteiger partial charge in [0.25, 0.3) is 0 Å². The number of rotatable bonds is 6. The number of hydrogen-bond acceptors (Lipinski definition) is 5. The lowest BCUT2D eigenvalue weighted by Crippen LogP contribution is -2.45. The maximum absolute atomic E-state index is 13.0. The average molecular weight is 459 g/mol. The van der Waals surface area contributed by atoms with Gasteiger partial charge in [-0.15, -0.1) is 0 Å². The monoisotopic (exact) mass is 458 g/mol. The van der Waals surface area contributed by atoms with Crippen LogP contribution in [0.1, 0.15) is 34.5 Å². The molecule has 1 aliphatic heterocycles. The summed E-state index contributed by atoms with van der Waals surface area (Å²) >= 11 is 5.44. The minimum Gasteiger partial charge on any atom is -0.463 e. The molecule has 6 nitrogen and oxygen atoms in total. The van der Waals surface area contributed by atoms with E-state index >= 15 is 0 Å². The van der Waals surface area contributed by atoms with Crippen molar-refractivity contribution in [2.24, 2.45) is 0 Å². The summed E-state index contributed by atoms with van der Waals surface area (Å²) in [5.41, 5.74) is 2.93. The van der Waals surface area contributed by atoms with E-state index in [1.54, 1.807) is 49.4 Å². The first-order valence-corrected chi connectivity index (χ1v) is 10.9. The van der Waals surface area contributed by atoms with Gasteiger partial charge in [0.1, 0.15) is 5.75 Å². The van der Waals surface area contributed by atoms with Gasteiger partial charge in [0.15, 0.2) is 5.11 Å². The second kappa shape index (κ2) is 10.1. The van der Waals surface area contributed by atoms with Gasteiger partial charge in [0.05, 0.1) is 29.5 Å². The lowest BCUT2D eigenvalue weighted by molar-refractivity contribution is -0.138. The molecular weight excluding hydrogens is 436 g/mol. The highest BCUT2D eigenvalue weighted by atomic mass is 32.1. The molecule has 0 spiro atoms. The van der Waals surface area contributed by atoms with E-state index in [1.165, 1.54) is 0 Å². The number of nitrogens with one attached hydrogen (secondary N) is 2. The molecular formula is C26H22N2O4S. The SMILES string of the molecule is CCOC(=O)C1=C(c2ccccc2)NC(=S)NC1c1cccc(OC(=O)c2ccccc2)c1. The van der Waals surface area contributed by atoms with Crippen LogP contribution in [0.3, 0.4) is 0 Å². The van der Waals surface area contributed by atoms with Gasteiger partial charge in [-0.2, -0.15) is 0 Å². The molecule has 1 atom stereocenters. The van der Waals surface area contributed by atoms with Crippen LogP contribution >= 0.6 is 12.2 Å². The highest BCUT2D eigenvalue weighted by molar-refractivity contribution is 7.80. The number of carbonyl (C=O) groups excluding carboxylic acids is 2. The molecule has 166 valence electrons. The summed E-state index contributed by atoms with van der Waals surface area (Å²) in [5.74, 6) is -0.569. The third kappa shape index (κ3) is 5.10. The summed E-state index contributed by atoms with van der Waals surface area (Å²) < 4.78 is 10.9. The molecule has 0 aromatic heterocycles. The van der Waals surface area contributed by atoms with Crippen LogP contribution in [0.15, 0.2) is 90.5 Å². The second-order valence-corrected chi connectivity index (χ2v) is 7.64. The predicted molar refractivity (Wildman–Crippen MR) is 129 cm³/mol. The first-order chi connectivity index (χ1) is 16.1. The number of thiocarbonyl (C=S) groups is 1. The molecule has 1 unspecified atom stereocenters. The smallest absolute Gasteiger partial charge is 0.343 e. The zero-order valence-corrected chi connectivity index (χ0v) is 18.7. The van der Waals surface area contributed by atoms with Crippen LogP contribution in [-0.2, 0) is 9.53 Å². The van der Waals surface area contributed by atoms with E-state index in [9.17, 15) is 9.59 Å². The Bertz CT molecular complexity index is 1210. The van der Waals surface area contributed by atoms with Crippen molar-refractivity contribution in [1.82, 2.24) is 10.6 Å². The molecule has 0 saturated carbocycles. The number of esters is 2. The van der Waals surface area contributed by atoms with Crippen molar-refractivity contribution in [2.45, 2.75) is 13.0 Å². The lowest BCUT2D eigenvalue weighted by Gasteiger charge is -2.31. The van der Waals surface area contributed by atoms with E-state index in [0.717, 1.165) is 5.56 Å². The molecule has 4 rings (SSSR count). The van der Waals surface area contributed by atoms with E-state index in [4.69, 9.17) is 21.7 Å². The molecule has 2 N–H and O–H groups in total.